The number of amides is 3. The molecule has 0 unspecified atom stereocenters. The van der Waals surface area contributed by atoms with Crippen molar-refractivity contribution in [3.63, 3.8) is 0 Å². The van der Waals surface area contributed by atoms with Gasteiger partial charge in [0.1, 0.15) is 12.0 Å². The van der Waals surface area contributed by atoms with Crippen LogP contribution in [0.1, 0.15) is 30.4 Å². The Labute approximate surface area is 207 Å². The first-order chi connectivity index (χ1) is 16.2. The zero-order valence-corrected chi connectivity index (χ0v) is 20.1. The van der Waals surface area contributed by atoms with Crippen molar-refractivity contribution in [3.05, 3.63) is 75.8 Å². The lowest BCUT2D eigenvalue weighted by molar-refractivity contribution is -0.147. The molecule has 0 aromatic heterocycles. The molecule has 178 valence electrons. The fourth-order valence-electron chi connectivity index (χ4n) is 5.32. The summed E-state index contributed by atoms with van der Waals surface area (Å²) in [4.78, 5) is 41.4. The molecule has 1 spiro atoms. The summed E-state index contributed by atoms with van der Waals surface area (Å²) in [6.07, 6.45) is -0.00705. The summed E-state index contributed by atoms with van der Waals surface area (Å²) in [5, 5.41) is 15.5. The third-order valence-electron chi connectivity index (χ3n) is 6.51. The van der Waals surface area contributed by atoms with Crippen LogP contribution in [0, 0.1) is 0 Å². The third kappa shape index (κ3) is 3.98. The van der Waals surface area contributed by atoms with Crippen molar-refractivity contribution in [1.82, 2.24) is 10.2 Å². The quantitative estimate of drug-likeness (QED) is 0.529. The van der Waals surface area contributed by atoms with Gasteiger partial charge in [0, 0.05) is 34.6 Å². The van der Waals surface area contributed by atoms with E-state index in [4.69, 9.17) is 28.3 Å². The van der Waals surface area contributed by atoms with E-state index in [0.717, 1.165) is 5.56 Å². The lowest BCUT2D eigenvalue weighted by Crippen LogP contribution is -2.64. The predicted molar refractivity (Wildman–Crippen MR) is 131 cm³/mol. The van der Waals surface area contributed by atoms with Crippen LogP contribution in [0.15, 0.2) is 54.6 Å². The van der Waals surface area contributed by atoms with Crippen LogP contribution >= 0.6 is 23.2 Å². The number of benzene rings is 2. The lowest BCUT2D eigenvalue weighted by Gasteiger charge is -2.51. The minimum atomic E-state index is -1.25. The van der Waals surface area contributed by atoms with Crippen LogP contribution in [-0.2, 0) is 19.8 Å². The van der Waals surface area contributed by atoms with Crippen molar-refractivity contribution in [2.45, 2.75) is 30.7 Å². The number of hydrogen-bond acceptors (Lipinski definition) is 4. The third-order valence-corrected chi connectivity index (χ3v) is 6.98. The van der Waals surface area contributed by atoms with E-state index in [1.54, 1.807) is 43.3 Å². The Morgan fingerprint density at radius 2 is 1.97 bits per heavy atom. The maximum absolute atomic E-state index is 13.9. The first kappa shape index (κ1) is 24.3. The van der Waals surface area contributed by atoms with Gasteiger partial charge in [-0.15, -0.1) is 0 Å². The van der Waals surface area contributed by atoms with Crippen LogP contribution in [0.3, 0.4) is 0 Å². The van der Waals surface area contributed by atoms with E-state index in [-0.39, 0.29) is 37.9 Å². The van der Waals surface area contributed by atoms with Crippen molar-refractivity contribution in [2.75, 3.05) is 25.0 Å². The van der Waals surface area contributed by atoms with Gasteiger partial charge in [-0.2, -0.15) is 0 Å². The number of nitrogens with one attached hydrogen (secondary N) is 2. The Morgan fingerprint density at radius 1 is 1.24 bits per heavy atom. The van der Waals surface area contributed by atoms with Gasteiger partial charge in [0.05, 0.1) is 12.6 Å². The molecule has 7 nitrogen and oxygen atoms in total. The summed E-state index contributed by atoms with van der Waals surface area (Å²) < 4.78 is 0. The average molecular weight is 502 g/mol. The zero-order chi connectivity index (χ0) is 24.6. The van der Waals surface area contributed by atoms with Gasteiger partial charge in [-0.25, -0.2) is 0 Å². The van der Waals surface area contributed by atoms with Crippen LogP contribution in [0.5, 0.6) is 0 Å². The number of rotatable bonds is 6. The summed E-state index contributed by atoms with van der Waals surface area (Å²) >= 11 is 12.5. The smallest absolute Gasteiger partial charge is 0.239 e. The Bertz CT molecular complexity index is 1180. The predicted octanol–water partition coefficient (Wildman–Crippen LogP) is 3.25. The largest absolute Gasteiger partial charge is 0.395 e. The highest BCUT2D eigenvalue weighted by Crippen LogP contribution is 2.56. The Hall–Kier alpha value is -2.87. The molecule has 2 aliphatic heterocycles. The number of piperidine rings is 1. The minimum Gasteiger partial charge on any atom is -0.395 e. The van der Waals surface area contributed by atoms with Crippen molar-refractivity contribution >= 4 is 46.6 Å². The van der Waals surface area contributed by atoms with Gasteiger partial charge in [-0.1, -0.05) is 53.6 Å². The van der Waals surface area contributed by atoms with Crippen molar-refractivity contribution in [2.24, 2.45) is 0 Å². The molecule has 3 atom stereocenters. The molecular weight excluding hydrogens is 477 g/mol. The number of nitrogens with zero attached hydrogens (tertiary/aromatic N) is 1. The molecule has 2 aromatic carbocycles. The molecule has 3 amide bonds. The molecule has 0 aliphatic carbocycles. The van der Waals surface area contributed by atoms with Gasteiger partial charge < -0.3 is 20.6 Å². The number of hydrogen-bond donors (Lipinski definition) is 3. The molecule has 2 aromatic rings. The Balaban J connectivity index is 1.93. The van der Waals surface area contributed by atoms with E-state index < -0.39 is 23.3 Å². The van der Waals surface area contributed by atoms with Gasteiger partial charge in [0.2, 0.25) is 17.7 Å². The maximum atomic E-state index is 13.9. The molecule has 0 radical (unpaired) electrons. The summed E-state index contributed by atoms with van der Waals surface area (Å²) in [7, 11) is 0. The number of carbonyl (C=O) groups excluding carboxylic acids is 3. The molecular formula is C25H25Cl2N3O4. The van der Waals surface area contributed by atoms with Crippen molar-refractivity contribution in [3.8, 4) is 0 Å². The van der Waals surface area contributed by atoms with Gasteiger partial charge in [0.25, 0.3) is 0 Å². The second-order valence-electron chi connectivity index (χ2n) is 8.67. The molecule has 3 N–H and O–H groups in total. The number of carbonyl (C=O) groups is 3. The van der Waals surface area contributed by atoms with Crippen LogP contribution in [0.2, 0.25) is 10.0 Å². The SMILES string of the molecule is C=C(C)[C@H]1N(CC(=O)NCCO)C(=O)C[C@@H](c2cccc(Cl)c2)[C@]12C(=O)Nc1cc(Cl)ccc12. The normalized spacial score (nSPS) is 23.6. The average Bonchev–Trinajstić information content (AvgIpc) is 3.05. The highest BCUT2D eigenvalue weighted by atomic mass is 35.5. The highest BCUT2D eigenvalue weighted by molar-refractivity contribution is 6.31. The maximum Gasteiger partial charge on any atom is 0.239 e. The zero-order valence-electron chi connectivity index (χ0n) is 18.6. The fraction of sp³-hybridized carbons (Fsp3) is 0.320. The van der Waals surface area contributed by atoms with Gasteiger partial charge >= 0.3 is 0 Å². The molecule has 0 saturated carbocycles. The number of aliphatic hydroxyl groups excluding tert-OH is 1. The summed E-state index contributed by atoms with van der Waals surface area (Å²) in [6, 6.07) is 11.5. The summed E-state index contributed by atoms with van der Waals surface area (Å²) in [5.41, 5.74) is 1.31. The molecule has 4 rings (SSSR count). The van der Waals surface area contributed by atoms with Crippen LogP contribution in [0.4, 0.5) is 5.69 Å². The Morgan fingerprint density at radius 3 is 2.65 bits per heavy atom. The van der Waals surface area contributed by atoms with Gasteiger partial charge in [0.15, 0.2) is 0 Å². The second-order valence-corrected chi connectivity index (χ2v) is 9.54. The van der Waals surface area contributed by atoms with E-state index in [1.807, 2.05) is 6.07 Å². The molecule has 34 heavy (non-hydrogen) atoms. The van der Waals surface area contributed by atoms with Crippen LogP contribution in [-0.4, -0.2) is 53.5 Å². The summed E-state index contributed by atoms with van der Waals surface area (Å²) in [5.74, 6) is -1.56. The molecule has 2 aliphatic rings. The number of halogens is 2. The topological polar surface area (TPSA) is 98.7 Å². The standard InChI is InChI=1S/C25H25Cl2N3O4/c1-14(2)23-25(18-7-6-17(27)11-20(18)29-24(25)34)19(15-4-3-5-16(26)10-15)12-22(33)30(23)13-21(32)28-8-9-31/h3-7,10-11,19,23,31H,1,8-9,12-13H2,2H3,(H,28,32)(H,29,34)/t19-,23+,25-/m0/s1. The Kier molecular flexibility index (Phi) is 6.71. The monoisotopic (exact) mass is 501 g/mol. The minimum absolute atomic E-state index is 0.00705. The number of fused-ring (bicyclic) bond motifs is 2. The van der Waals surface area contributed by atoms with Gasteiger partial charge in [-0.05, 0) is 42.3 Å². The number of anilines is 1. The van der Waals surface area contributed by atoms with Crippen LogP contribution < -0.4 is 10.6 Å². The highest BCUT2D eigenvalue weighted by Gasteiger charge is 2.63. The number of aliphatic hydroxyl groups is 1. The van der Waals surface area contributed by atoms with E-state index in [1.165, 1.54) is 4.90 Å². The van der Waals surface area contributed by atoms with E-state index in [0.29, 0.717) is 26.9 Å². The lowest BCUT2D eigenvalue weighted by atomic mass is 9.58. The van der Waals surface area contributed by atoms with E-state index in [9.17, 15) is 14.4 Å². The van der Waals surface area contributed by atoms with Crippen LogP contribution in [0.25, 0.3) is 0 Å². The molecule has 2 heterocycles. The first-order valence-electron chi connectivity index (χ1n) is 10.9. The number of likely N-dealkylation sites (tertiary alicyclic amines) is 1. The fourth-order valence-corrected chi connectivity index (χ4v) is 5.69. The molecule has 1 fully saturated rings. The van der Waals surface area contributed by atoms with Crippen molar-refractivity contribution in [1.29, 1.82) is 0 Å². The first-order valence-corrected chi connectivity index (χ1v) is 11.6. The van der Waals surface area contributed by atoms with E-state index >= 15 is 0 Å². The molecule has 0 bridgehead atoms. The summed E-state index contributed by atoms with van der Waals surface area (Å²) in [6.45, 7) is 5.45. The second kappa shape index (κ2) is 9.41. The van der Waals surface area contributed by atoms with Crippen molar-refractivity contribution < 1.29 is 19.5 Å². The van der Waals surface area contributed by atoms with Gasteiger partial charge in [-0.3, -0.25) is 14.4 Å². The van der Waals surface area contributed by atoms with E-state index in [2.05, 4.69) is 17.2 Å². The molecule has 9 heteroatoms. The molecule has 1 saturated heterocycles.